The van der Waals surface area contributed by atoms with Crippen LogP contribution in [0.3, 0.4) is 0 Å². The van der Waals surface area contributed by atoms with E-state index >= 15 is 0 Å². The highest BCUT2D eigenvalue weighted by Crippen LogP contribution is 2.33. The number of halogens is 1. The lowest BCUT2D eigenvalue weighted by atomic mass is 10.1. The number of benzene rings is 2. The largest absolute Gasteiger partial charge is 0.492 e. The zero-order chi connectivity index (χ0) is 15.5. The Balaban J connectivity index is 1.99. The second-order valence-corrected chi connectivity index (χ2v) is 7.44. The van der Waals surface area contributed by atoms with E-state index in [1.54, 1.807) is 0 Å². The Morgan fingerprint density at radius 2 is 1.86 bits per heavy atom. The molecule has 0 aliphatic rings. The van der Waals surface area contributed by atoms with Crippen molar-refractivity contribution in [3.63, 3.8) is 0 Å². The fraction of sp³-hybridized carbons (Fsp3) is 0.444. The standard InChI is InChI=1S/C18H24BrNO/c1-13(11-20-18(2,3)4)12-21-16-10-9-14-7-5-6-8-15(14)17(16)19/h5-10,13,20H,11-12H2,1-4H3. The predicted molar refractivity (Wildman–Crippen MR) is 94.1 cm³/mol. The molecular formula is C18H24BrNO. The third-order valence-corrected chi connectivity index (χ3v) is 4.15. The van der Waals surface area contributed by atoms with Crippen molar-refractivity contribution in [2.45, 2.75) is 33.2 Å². The normalized spacial score (nSPS) is 13.4. The Morgan fingerprint density at radius 3 is 2.57 bits per heavy atom. The molecule has 0 fully saturated rings. The quantitative estimate of drug-likeness (QED) is 0.819. The second kappa shape index (κ2) is 6.80. The van der Waals surface area contributed by atoms with E-state index in [1.807, 2.05) is 12.1 Å². The Bertz CT molecular complexity index is 604. The molecule has 2 rings (SSSR count). The van der Waals surface area contributed by atoms with Gasteiger partial charge in [-0.1, -0.05) is 37.3 Å². The highest BCUT2D eigenvalue weighted by Gasteiger charge is 2.12. The molecule has 2 nitrogen and oxygen atoms in total. The Hall–Kier alpha value is -1.06. The zero-order valence-electron chi connectivity index (χ0n) is 13.2. The minimum atomic E-state index is 0.151. The minimum Gasteiger partial charge on any atom is -0.492 e. The lowest BCUT2D eigenvalue weighted by Gasteiger charge is -2.23. The molecule has 1 atom stereocenters. The molecule has 0 spiro atoms. The van der Waals surface area contributed by atoms with E-state index in [4.69, 9.17) is 4.74 Å². The molecular weight excluding hydrogens is 326 g/mol. The van der Waals surface area contributed by atoms with Gasteiger partial charge < -0.3 is 10.1 Å². The molecule has 21 heavy (non-hydrogen) atoms. The smallest absolute Gasteiger partial charge is 0.134 e. The maximum Gasteiger partial charge on any atom is 0.134 e. The summed E-state index contributed by atoms with van der Waals surface area (Å²) >= 11 is 3.66. The highest BCUT2D eigenvalue weighted by molar-refractivity contribution is 9.10. The Labute approximate surface area is 136 Å². The molecule has 0 saturated heterocycles. The van der Waals surface area contributed by atoms with E-state index < -0.39 is 0 Å². The van der Waals surface area contributed by atoms with E-state index in [2.05, 4.69) is 73.2 Å². The molecule has 1 N–H and O–H groups in total. The first-order chi connectivity index (χ1) is 9.87. The minimum absolute atomic E-state index is 0.151. The van der Waals surface area contributed by atoms with Gasteiger partial charge in [-0.2, -0.15) is 0 Å². The number of ether oxygens (including phenoxy) is 1. The average Bonchev–Trinajstić information content (AvgIpc) is 2.44. The van der Waals surface area contributed by atoms with Crippen molar-refractivity contribution < 1.29 is 4.74 Å². The molecule has 2 aromatic rings. The first kappa shape index (κ1) is 16.3. The molecule has 0 aromatic heterocycles. The molecule has 0 saturated carbocycles. The predicted octanol–water partition coefficient (Wildman–Crippen LogP) is 5.01. The van der Waals surface area contributed by atoms with Crippen LogP contribution in [0.2, 0.25) is 0 Å². The van der Waals surface area contributed by atoms with Crippen LogP contribution in [0.25, 0.3) is 10.8 Å². The summed E-state index contributed by atoms with van der Waals surface area (Å²) in [6, 6.07) is 12.5. The SMILES string of the molecule is CC(CNC(C)(C)C)COc1ccc2ccccc2c1Br. The van der Waals surface area contributed by atoms with Crippen molar-refractivity contribution in [1.29, 1.82) is 0 Å². The molecule has 0 aliphatic carbocycles. The van der Waals surface area contributed by atoms with Crippen molar-refractivity contribution in [2.75, 3.05) is 13.2 Å². The fourth-order valence-corrected chi connectivity index (χ4v) is 2.70. The van der Waals surface area contributed by atoms with Gasteiger partial charge in [0.2, 0.25) is 0 Å². The third-order valence-electron chi connectivity index (χ3n) is 3.33. The van der Waals surface area contributed by atoms with E-state index in [-0.39, 0.29) is 5.54 Å². The van der Waals surface area contributed by atoms with Crippen LogP contribution in [0.1, 0.15) is 27.7 Å². The van der Waals surface area contributed by atoms with Crippen molar-refractivity contribution in [1.82, 2.24) is 5.32 Å². The van der Waals surface area contributed by atoms with Gasteiger partial charge in [-0.25, -0.2) is 0 Å². The van der Waals surface area contributed by atoms with Gasteiger partial charge in [-0.3, -0.25) is 0 Å². The first-order valence-electron chi connectivity index (χ1n) is 7.42. The van der Waals surface area contributed by atoms with Gasteiger partial charge in [0, 0.05) is 18.0 Å². The van der Waals surface area contributed by atoms with Crippen molar-refractivity contribution in [2.24, 2.45) is 5.92 Å². The fourth-order valence-electron chi connectivity index (χ4n) is 2.10. The summed E-state index contributed by atoms with van der Waals surface area (Å²) in [7, 11) is 0. The summed E-state index contributed by atoms with van der Waals surface area (Å²) in [6.45, 7) is 10.4. The highest BCUT2D eigenvalue weighted by atomic mass is 79.9. The summed E-state index contributed by atoms with van der Waals surface area (Å²) in [6.07, 6.45) is 0. The molecule has 0 amide bonds. The van der Waals surface area contributed by atoms with Crippen LogP contribution in [0.4, 0.5) is 0 Å². The number of nitrogens with one attached hydrogen (secondary N) is 1. The van der Waals surface area contributed by atoms with Crippen molar-refractivity contribution >= 4 is 26.7 Å². The summed E-state index contributed by atoms with van der Waals surface area (Å²) in [5.41, 5.74) is 0.151. The van der Waals surface area contributed by atoms with Crippen LogP contribution < -0.4 is 10.1 Å². The van der Waals surface area contributed by atoms with E-state index in [0.717, 1.165) is 16.8 Å². The number of hydrogen-bond donors (Lipinski definition) is 1. The molecule has 2 aromatic carbocycles. The van der Waals surface area contributed by atoms with Crippen molar-refractivity contribution in [3.05, 3.63) is 40.9 Å². The van der Waals surface area contributed by atoms with Gasteiger partial charge in [-0.05, 0) is 53.5 Å². The Kier molecular flexibility index (Phi) is 5.28. The van der Waals surface area contributed by atoms with Gasteiger partial charge in [0.25, 0.3) is 0 Å². The van der Waals surface area contributed by atoms with E-state index in [9.17, 15) is 0 Å². The Morgan fingerprint density at radius 1 is 1.14 bits per heavy atom. The first-order valence-corrected chi connectivity index (χ1v) is 8.21. The number of rotatable bonds is 5. The maximum atomic E-state index is 5.99. The maximum absolute atomic E-state index is 5.99. The topological polar surface area (TPSA) is 21.3 Å². The number of fused-ring (bicyclic) bond motifs is 1. The summed E-state index contributed by atoms with van der Waals surface area (Å²) in [5, 5.41) is 5.92. The van der Waals surface area contributed by atoms with Crippen LogP contribution in [-0.4, -0.2) is 18.7 Å². The summed E-state index contributed by atoms with van der Waals surface area (Å²) in [4.78, 5) is 0. The van der Waals surface area contributed by atoms with Crippen LogP contribution in [-0.2, 0) is 0 Å². The van der Waals surface area contributed by atoms with Gasteiger partial charge in [0.05, 0.1) is 11.1 Å². The molecule has 114 valence electrons. The lowest BCUT2D eigenvalue weighted by molar-refractivity contribution is 0.243. The molecule has 0 aliphatic heterocycles. The van der Waals surface area contributed by atoms with Crippen LogP contribution >= 0.6 is 15.9 Å². The molecule has 0 heterocycles. The van der Waals surface area contributed by atoms with Crippen LogP contribution in [0, 0.1) is 5.92 Å². The average molecular weight is 350 g/mol. The van der Waals surface area contributed by atoms with E-state index in [0.29, 0.717) is 12.5 Å². The summed E-state index contributed by atoms with van der Waals surface area (Å²) < 4.78 is 7.02. The molecule has 0 bridgehead atoms. The number of hydrogen-bond acceptors (Lipinski definition) is 2. The second-order valence-electron chi connectivity index (χ2n) is 6.65. The van der Waals surface area contributed by atoms with Gasteiger partial charge in [-0.15, -0.1) is 0 Å². The monoisotopic (exact) mass is 349 g/mol. The molecule has 1 unspecified atom stereocenters. The van der Waals surface area contributed by atoms with Crippen molar-refractivity contribution in [3.8, 4) is 5.75 Å². The van der Waals surface area contributed by atoms with E-state index in [1.165, 1.54) is 10.8 Å². The van der Waals surface area contributed by atoms with Gasteiger partial charge in [0.1, 0.15) is 5.75 Å². The third kappa shape index (κ3) is 4.72. The molecule has 0 radical (unpaired) electrons. The molecule has 3 heteroatoms. The van der Waals surface area contributed by atoms with Gasteiger partial charge in [0.15, 0.2) is 0 Å². The van der Waals surface area contributed by atoms with Gasteiger partial charge >= 0.3 is 0 Å². The van der Waals surface area contributed by atoms with Crippen LogP contribution in [0.15, 0.2) is 40.9 Å². The van der Waals surface area contributed by atoms with Crippen LogP contribution in [0.5, 0.6) is 5.75 Å². The lowest BCUT2D eigenvalue weighted by Crippen LogP contribution is -2.39. The zero-order valence-corrected chi connectivity index (χ0v) is 14.8. The summed E-state index contributed by atoms with van der Waals surface area (Å²) in [5.74, 6) is 1.37.